The van der Waals surface area contributed by atoms with E-state index in [1.807, 2.05) is 0 Å². The van der Waals surface area contributed by atoms with Gasteiger partial charge in [-0.05, 0) is 6.07 Å². The molecule has 14 heteroatoms. The lowest BCUT2D eigenvalue weighted by molar-refractivity contribution is -0.142. The summed E-state index contributed by atoms with van der Waals surface area (Å²) < 4.78 is 101. The lowest BCUT2D eigenvalue weighted by Gasteiger charge is -2.13. The second kappa shape index (κ2) is 5.25. The van der Waals surface area contributed by atoms with Crippen molar-refractivity contribution in [2.75, 3.05) is 0 Å². The normalized spacial score (nSPS) is 13.2. The summed E-state index contributed by atoms with van der Waals surface area (Å²) in [5, 5.41) is 11.8. The molecular weight excluding hydrogens is 374 g/mol. The van der Waals surface area contributed by atoms with Crippen LogP contribution in [0.5, 0.6) is 5.75 Å². The van der Waals surface area contributed by atoms with E-state index in [9.17, 15) is 39.6 Å². The molecular formula is C10H4F6N2O5S. The van der Waals surface area contributed by atoms with Crippen molar-refractivity contribution in [3.8, 4) is 5.75 Å². The van der Waals surface area contributed by atoms with E-state index in [-0.39, 0.29) is 10.6 Å². The van der Waals surface area contributed by atoms with Crippen molar-refractivity contribution >= 4 is 21.6 Å². The second-order valence-corrected chi connectivity index (χ2v) is 5.77. The molecule has 0 aliphatic heterocycles. The van der Waals surface area contributed by atoms with Crippen LogP contribution < -0.4 is 4.18 Å². The third kappa shape index (κ3) is 3.22. The zero-order valence-corrected chi connectivity index (χ0v) is 11.7. The fraction of sp³-hybridized carbons (Fsp3) is 0.200. The fourth-order valence-corrected chi connectivity index (χ4v) is 2.05. The first-order chi connectivity index (χ1) is 10.7. The lowest BCUT2D eigenvalue weighted by atomic mass is 10.3. The number of pyridine rings is 1. The molecule has 0 saturated carbocycles. The van der Waals surface area contributed by atoms with Crippen molar-refractivity contribution < 1.29 is 48.8 Å². The largest absolute Gasteiger partial charge is 0.534 e. The average molecular weight is 378 g/mol. The maximum Gasteiger partial charge on any atom is 0.534 e. The van der Waals surface area contributed by atoms with Crippen molar-refractivity contribution in [1.29, 1.82) is 0 Å². The number of aromatic carboxylic acids is 1. The summed E-state index contributed by atoms with van der Waals surface area (Å²) in [4.78, 5) is 10.7. The molecule has 7 nitrogen and oxygen atoms in total. The SMILES string of the molecule is O=C(O)c1cc2cc(OS(=O)(=O)C(F)(F)F)cc(C(F)(F)F)n2n1. The average Bonchev–Trinajstić information content (AvgIpc) is 2.78. The molecule has 0 aliphatic carbocycles. The monoisotopic (exact) mass is 378 g/mol. The fourth-order valence-electron chi connectivity index (χ4n) is 1.60. The predicted molar refractivity (Wildman–Crippen MR) is 62.8 cm³/mol. The number of carboxylic acid groups (broad SMARTS) is 1. The lowest BCUT2D eigenvalue weighted by Crippen LogP contribution is -2.28. The highest BCUT2D eigenvalue weighted by Crippen LogP contribution is 2.34. The van der Waals surface area contributed by atoms with Gasteiger partial charge in [0.1, 0.15) is 11.4 Å². The van der Waals surface area contributed by atoms with E-state index in [1.54, 1.807) is 0 Å². The van der Waals surface area contributed by atoms with Gasteiger partial charge in [0.05, 0.1) is 5.52 Å². The Bertz CT molecular complexity index is 914. The first-order valence-electron chi connectivity index (χ1n) is 5.57. The van der Waals surface area contributed by atoms with Crippen LogP contribution in [0.2, 0.25) is 0 Å². The highest BCUT2D eigenvalue weighted by molar-refractivity contribution is 7.88. The molecule has 0 fully saturated rings. The van der Waals surface area contributed by atoms with E-state index in [4.69, 9.17) is 5.11 Å². The number of rotatable bonds is 3. The van der Waals surface area contributed by atoms with Crippen LogP contribution in [-0.4, -0.2) is 34.6 Å². The zero-order valence-electron chi connectivity index (χ0n) is 10.9. The molecule has 0 aliphatic rings. The molecule has 24 heavy (non-hydrogen) atoms. The van der Waals surface area contributed by atoms with Crippen molar-refractivity contribution in [3.05, 3.63) is 29.6 Å². The summed E-state index contributed by atoms with van der Waals surface area (Å²) in [6.07, 6.45) is -5.18. The van der Waals surface area contributed by atoms with Crippen LogP contribution in [0.1, 0.15) is 16.2 Å². The number of alkyl halides is 6. The first kappa shape index (κ1) is 17.8. The Morgan fingerprint density at radius 1 is 1.12 bits per heavy atom. The molecule has 0 unspecified atom stereocenters. The van der Waals surface area contributed by atoms with Gasteiger partial charge in [-0.25, -0.2) is 9.31 Å². The number of carboxylic acids is 1. The predicted octanol–water partition coefficient (Wildman–Crippen LogP) is 2.28. The van der Waals surface area contributed by atoms with Crippen molar-refractivity contribution in [2.45, 2.75) is 11.7 Å². The topological polar surface area (TPSA) is 98.0 Å². The molecule has 2 aromatic rings. The van der Waals surface area contributed by atoms with Gasteiger partial charge < -0.3 is 9.29 Å². The Hall–Kier alpha value is -2.51. The van der Waals surface area contributed by atoms with Gasteiger partial charge in [0.2, 0.25) is 0 Å². The van der Waals surface area contributed by atoms with Gasteiger partial charge in [0.15, 0.2) is 5.69 Å². The van der Waals surface area contributed by atoms with E-state index < -0.39 is 50.4 Å². The van der Waals surface area contributed by atoms with Gasteiger partial charge in [-0.15, -0.1) is 0 Å². The van der Waals surface area contributed by atoms with Crippen LogP contribution in [0, 0.1) is 0 Å². The number of carbonyl (C=O) groups is 1. The number of nitrogens with zero attached hydrogens (tertiary/aromatic N) is 2. The highest BCUT2D eigenvalue weighted by atomic mass is 32.2. The Labute approximate surface area is 128 Å². The molecule has 2 rings (SSSR count). The summed E-state index contributed by atoms with van der Waals surface area (Å²) in [6, 6.07) is 1.03. The molecule has 0 radical (unpaired) electrons. The molecule has 2 heterocycles. The minimum Gasteiger partial charge on any atom is -0.476 e. The summed E-state index contributed by atoms with van der Waals surface area (Å²) >= 11 is 0. The molecule has 0 bridgehead atoms. The molecule has 0 saturated heterocycles. The van der Waals surface area contributed by atoms with Gasteiger partial charge in [-0.2, -0.15) is 39.9 Å². The minimum absolute atomic E-state index is 0.0467. The Morgan fingerprint density at radius 3 is 2.17 bits per heavy atom. The van der Waals surface area contributed by atoms with Gasteiger partial charge in [-0.1, -0.05) is 0 Å². The number of hydrogen-bond acceptors (Lipinski definition) is 5. The number of halogens is 6. The number of hydrogen-bond donors (Lipinski definition) is 1. The zero-order chi connectivity index (χ0) is 18.5. The van der Waals surface area contributed by atoms with Crippen LogP contribution in [0.25, 0.3) is 5.52 Å². The van der Waals surface area contributed by atoms with Gasteiger partial charge in [-0.3, -0.25) is 0 Å². The maximum absolute atomic E-state index is 12.9. The van der Waals surface area contributed by atoms with Crippen LogP contribution >= 0.6 is 0 Å². The minimum atomic E-state index is -6.20. The Balaban J connectivity index is 2.68. The summed E-state index contributed by atoms with van der Waals surface area (Å²) in [5.74, 6) is -3.00. The molecule has 0 amide bonds. The molecule has 0 aromatic carbocycles. The van der Waals surface area contributed by atoms with Crippen LogP contribution in [-0.2, 0) is 16.3 Å². The molecule has 1 N–H and O–H groups in total. The highest BCUT2D eigenvalue weighted by Gasteiger charge is 2.49. The smallest absolute Gasteiger partial charge is 0.476 e. The molecule has 0 spiro atoms. The standard InChI is InChI=1S/C10H4F6N2O5S/c11-9(12,13)7-3-5(23-24(21,22)10(14,15)16)1-4-2-6(8(19)20)17-18(4)7/h1-3H,(H,19,20). The Kier molecular flexibility index (Phi) is 3.90. The van der Waals surface area contributed by atoms with E-state index in [1.165, 1.54) is 0 Å². The second-order valence-electron chi connectivity index (χ2n) is 4.23. The van der Waals surface area contributed by atoms with Gasteiger partial charge in [0, 0.05) is 12.1 Å². The van der Waals surface area contributed by atoms with E-state index >= 15 is 0 Å². The molecule has 0 atom stereocenters. The van der Waals surface area contributed by atoms with E-state index in [2.05, 4.69) is 9.28 Å². The Morgan fingerprint density at radius 2 is 1.71 bits per heavy atom. The van der Waals surface area contributed by atoms with Crippen molar-refractivity contribution in [3.63, 3.8) is 0 Å². The first-order valence-corrected chi connectivity index (χ1v) is 6.98. The van der Waals surface area contributed by atoms with E-state index in [0.29, 0.717) is 12.1 Å². The summed E-state index contributed by atoms with van der Waals surface area (Å²) in [5.41, 5.74) is -9.05. The van der Waals surface area contributed by atoms with Crippen LogP contribution in [0.15, 0.2) is 18.2 Å². The van der Waals surface area contributed by atoms with Crippen LogP contribution in [0.4, 0.5) is 26.3 Å². The quantitative estimate of drug-likeness (QED) is 0.500. The van der Waals surface area contributed by atoms with Gasteiger partial charge >= 0.3 is 27.8 Å². The third-order valence-electron chi connectivity index (χ3n) is 2.53. The van der Waals surface area contributed by atoms with Crippen LogP contribution in [0.3, 0.4) is 0 Å². The van der Waals surface area contributed by atoms with Crippen molar-refractivity contribution in [2.24, 2.45) is 0 Å². The number of fused-ring (bicyclic) bond motifs is 1. The molecule has 2 aromatic heterocycles. The third-order valence-corrected chi connectivity index (χ3v) is 3.51. The van der Waals surface area contributed by atoms with E-state index in [0.717, 1.165) is 0 Å². The molecule has 132 valence electrons. The summed E-state index contributed by atoms with van der Waals surface area (Å²) in [6.45, 7) is 0. The van der Waals surface area contributed by atoms with Crippen molar-refractivity contribution in [1.82, 2.24) is 9.61 Å². The summed E-state index contributed by atoms with van der Waals surface area (Å²) in [7, 11) is -6.20. The maximum atomic E-state index is 12.9. The van der Waals surface area contributed by atoms with Gasteiger partial charge in [0.25, 0.3) is 0 Å². The number of aromatic nitrogens is 2.